The number of carbonyl (C=O) groups excluding carboxylic acids is 1. The number of hydroxylamine groups is 2. The highest BCUT2D eigenvalue weighted by atomic mass is 16.7. The Morgan fingerprint density at radius 1 is 1.69 bits per heavy atom. The summed E-state index contributed by atoms with van der Waals surface area (Å²) in [5, 5.41) is 1.20. The molecule has 0 atom stereocenters. The van der Waals surface area contributed by atoms with E-state index in [4.69, 9.17) is 9.57 Å². The molecule has 1 amide bonds. The number of likely N-dealkylation sites (N-methyl/N-ethyl adjacent to an activating group) is 1. The van der Waals surface area contributed by atoms with Crippen LogP contribution in [0.2, 0.25) is 0 Å². The van der Waals surface area contributed by atoms with Crippen LogP contribution in [0.15, 0.2) is 12.7 Å². The van der Waals surface area contributed by atoms with Crippen LogP contribution in [-0.4, -0.2) is 37.3 Å². The lowest BCUT2D eigenvalue weighted by Gasteiger charge is -2.20. The Hall–Kier alpha value is -0.870. The summed E-state index contributed by atoms with van der Waals surface area (Å²) in [5.74, 6) is -0.114. The maximum absolute atomic E-state index is 11.6. The van der Waals surface area contributed by atoms with Gasteiger partial charge in [0.05, 0.1) is 13.7 Å². The van der Waals surface area contributed by atoms with E-state index in [1.165, 1.54) is 12.2 Å². The molecule has 0 aromatic rings. The van der Waals surface area contributed by atoms with E-state index in [0.717, 1.165) is 12.8 Å². The molecule has 1 rings (SSSR count). The van der Waals surface area contributed by atoms with Gasteiger partial charge < -0.3 is 4.74 Å². The predicted molar refractivity (Wildman–Crippen MR) is 47.9 cm³/mol. The summed E-state index contributed by atoms with van der Waals surface area (Å²) in [4.78, 5) is 16.4. The Labute approximate surface area is 78.1 Å². The maximum Gasteiger partial charge on any atom is 0.278 e. The molecule has 0 spiro atoms. The van der Waals surface area contributed by atoms with Crippen LogP contribution in [0.4, 0.5) is 0 Å². The molecule has 0 unspecified atom stereocenters. The number of hydrogen-bond donors (Lipinski definition) is 0. The molecule has 0 radical (unpaired) electrons. The largest absolute Gasteiger partial charge is 0.361 e. The highest BCUT2D eigenvalue weighted by Gasteiger charge is 2.52. The Morgan fingerprint density at radius 3 is 2.69 bits per heavy atom. The molecule has 0 bridgehead atoms. The maximum atomic E-state index is 11.6. The first-order valence-electron chi connectivity index (χ1n) is 4.23. The average Bonchev–Trinajstić information content (AvgIpc) is 2.93. The van der Waals surface area contributed by atoms with Crippen molar-refractivity contribution in [3.8, 4) is 0 Å². The van der Waals surface area contributed by atoms with Gasteiger partial charge in [-0.05, 0) is 12.8 Å². The second-order valence-corrected chi connectivity index (χ2v) is 3.08. The lowest BCUT2D eigenvalue weighted by atomic mass is 10.3. The third kappa shape index (κ3) is 2.08. The number of hydrogen-bond acceptors (Lipinski definition) is 3. The van der Waals surface area contributed by atoms with Gasteiger partial charge >= 0.3 is 0 Å². The molecule has 13 heavy (non-hydrogen) atoms. The van der Waals surface area contributed by atoms with Crippen molar-refractivity contribution in [1.29, 1.82) is 0 Å². The number of nitrogens with zero attached hydrogens (tertiary/aromatic N) is 1. The standard InChI is InChI=1S/C9H15NO3/c1-4-7-13-9(5-6-9)8(11)10(2)12-3/h4H,1,5-7H2,2-3H3. The summed E-state index contributed by atoms with van der Waals surface area (Å²) < 4.78 is 5.39. The fourth-order valence-corrected chi connectivity index (χ4v) is 1.12. The first-order valence-corrected chi connectivity index (χ1v) is 4.23. The fraction of sp³-hybridized carbons (Fsp3) is 0.667. The molecule has 4 nitrogen and oxygen atoms in total. The molecular formula is C9H15NO3. The van der Waals surface area contributed by atoms with Gasteiger partial charge in [-0.25, -0.2) is 5.06 Å². The summed E-state index contributed by atoms with van der Waals surface area (Å²) in [6.07, 6.45) is 3.18. The van der Waals surface area contributed by atoms with Crippen LogP contribution in [0, 0.1) is 0 Å². The van der Waals surface area contributed by atoms with Crippen LogP contribution < -0.4 is 0 Å². The van der Waals surface area contributed by atoms with E-state index in [1.807, 2.05) is 0 Å². The highest BCUT2D eigenvalue weighted by molar-refractivity contribution is 5.87. The van der Waals surface area contributed by atoms with E-state index in [-0.39, 0.29) is 5.91 Å². The van der Waals surface area contributed by atoms with Crippen molar-refractivity contribution >= 4 is 5.91 Å². The van der Waals surface area contributed by atoms with Gasteiger partial charge in [-0.3, -0.25) is 9.63 Å². The average molecular weight is 185 g/mol. The lowest BCUT2D eigenvalue weighted by Crippen LogP contribution is -2.39. The molecule has 0 aromatic carbocycles. The van der Waals surface area contributed by atoms with Crippen molar-refractivity contribution in [3.05, 3.63) is 12.7 Å². The van der Waals surface area contributed by atoms with Crippen LogP contribution >= 0.6 is 0 Å². The fourth-order valence-electron chi connectivity index (χ4n) is 1.12. The second kappa shape index (κ2) is 3.89. The van der Waals surface area contributed by atoms with Gasteiger partial charge in [0.25, 0.3) is 5.91 Å². The van der Waals surface area contributed by atoms with Gasteiger partial charge in [-0.15, -0.1) is 6.58 Å². The van der Waals surface area contributed by atoms with E-state index in [1.54, 1.807) is 13.1 Å². The second-order valence-electron chi connectivity index (χ2n) is 3.08. The van der Waals surface area contributed by atoms with Gasteiger partial charge in [-0.1, -0.05) is 6.08 Å². The van der Waals surface area contributed by atoms with Gasteiger partial charge in [0.15, 0.2) is 0 Å². The van der Waals surface area contributed by atoms with Gasteiger partial charge in [0, 0.05) is 7.05 Å². The van der Waals surface area contributed by atoms with E-state index in [2.05, 4.69) is 6.58 Å². The monoisotopic (exact) mass is 185 g/mol. The van der Waals surface area contributed by atoms with E-state index in [0.29, 0.717) is 6.61 Å². The minimum absolute atomic E-state index is 0.114. The zero-order valence-corrected chi connectivity index (χ0v) is 8.08. The quantitative estimate of drug-likeness (QED) is 0.468. The van der Waals surface area contributed by atoms with Crippen molar-refractivity contribution < 1.29 is 14.4 Å². The molecule has 74 valence electrons. The van der Waals surface area contributed by atoms with Gasteiger partial charge in [-0.2, -0.15) is 0 Å². The molecule has 0 aromatic heterocycles. The van der Waals surface area contributed by atoms with Crippen LogP contribution in [0.25, 0.3) is 0 Å². The topological polar surface area (TPSA) is 38.8 Å². The molecule has 0 saturated heterocycles. The Bertz CT molecular complexity index is 211. The van der Waals surface area contributed by atoms with Crippen molar-refractivity contribution in [1.82, 2.24) is 5.06 Å². The summed E-state index contributed by atoms with van der Waals surface area (Å²) in [5.41, 5.74) is -0.626. The molecule has 0 aliphatic heterocycles. The third-order valence-electron chi connectivity index (χ3n) is 2.13. The first kappa shape index (κ1) is 10.2. The summed E-state index contributed by atoms with van der Waals surface area (Å²) in [7, 11) is 3.04. The highest BCUT2D eigenvalue weighted by Crippen LogP contribution is 2.41. The Kier molecular flexibility index (Phi) is 3.06. The van der Waals surface area contributed by atoms with Crippen LogP contribution in [0.1, 0.15) is 12.8 Å². The summed E-state index contributed by atoms with van der Waals surface area (Å²) in [6, 6.07) is 0. The van der Waals surface area contributed by atoms with E-state index in [9.17, 15) is 4.79 Å². The van der Waals surface area contributed by atoms with Crippen LogP contribution in [-0.2, 0) is 14.4 Å². The molecule has 1 fully saturated rings. The number of ether oxygens (including phenoxy) is 1. The minimum Gasteiger partial charge on any atom is -0.361 e. The lowest BCUT2D eigenvalue weighted by molar-refractivity contribution is -0.183. The smallest absolute Gasteiger partial charge is 0.278 e. The Morgan fingerprint density at radius 2 is 2.31 bits per heavy atom. The van der Waals surface area contributed by atoms with Gasteiger partial charge in [0.1, 0.15) is 5.60 Å². The number of amides is 1. The van der Waals surface area contributed by atoms with Crippen molar-refractivity contribution in [2.45, 2.75) is 18.4 Å². The molecule has 0 N–H and O–H groups in total. The van der Waals surface area contributed by atoms with Gasteiger partial charge in [0.2, 0.25) is 0 Å². The molecule has 4 heteroatoms. The molecular weight excluding hydrogens is 170 g/mol. The van der Waals surface area contributed by atoms with E-state index >= 15 is 0 Å². The molecule has 0 heterocycles. The van der Waals surface area contributed by atoms with Crippen LogP contribution in [0.3, 0.4) is 0 Å². The minimum atomic E-state index is -0.626. The van der Waals surface area contributed by atoms with Crippen molar-refractivity contribution in [3.63, 3.8) is 0 Å². The zero-order valence-electron chi connectivity index (χ0n) is 8.08. The summed E-state index contributed by atoms with van der Waals surface area (Å²) >= 11 is 0. The Balaban J connectivity index is 2.49. The zero-order chi connectivity index (χ0) is 9.90. The molecule has 1 saturated carbocycles. The van der Waals surface area contributed by atoms with Crippen molar-refractivity contribution in [2.24, 2.45) is 0 Å². The normalized spacial score (nSPS) is 18.0. The number of rotatable bonds is 5. The van der Waals surface area contributed by atoms with E-state index < -0.39 is 5.60 Å². The first-order chi connectivity index (χ1) is 6.16. The third-order valence-corrected chi connectivity index (χ3v) is 2.13. The number of carbonyl (C=O) groups is 1. The van der Waals surface area contributed by atoms with Crippen LogP contribution in [0.5, 0.6) is 0 Å². The van der Waals surface area contributed by atoms with Crippen molar-refractivity contribution in [2.75, 3.05) is 20.8 Å². The summed E-state index contributed by atoms with van der Waals surface area (Å²) in [6.45, 7) is 3.94. The molecule has 1 aliphatic rings. The molecule has 1 aliphatic carbocycles. The SMILES string of the molecule is C=CCOC1(C(=O)N(C)OC)CC1. The predicted octanol–water partition coefficient (Wildman–Crippen LogP) is 0.741.